The molecular weight excluding hydrogens is 114 g/mol. The molecule has 0 heterocycles. The van der Waals surface area contributed by atoms with Gasteiger partial charge in [-0.2, -0.15) is 0 Å². The molecule has 2 heteroatoms. The maximum atomic E-state index is 4.75. The van der Waals surface area contributed by atoms with E-state index < -0.39 is 0 Å². The summed E-state index contributed by atoms with van der Waals surface area (Å²) in [6.07, 6.45) is 1.16. The fraction of sp³-hybridized carbons (Fsp3) is 1.00. The standard InChI is InChI=1S/C7H17NO/c1-6(2)5-7(3)8-9-4/h6-8H,5H2,1-4H3. The first-order valence-corrected chi connectivity index (χ1v) is 3.45. The average molecular weight is 131 g/mol. The Morgan fingerprint density at radius 1 is 1.33 bits per heavy atom. The van der Waals surface area contributed by atoms with Crippen molar-refractivity contribution < 1.29 is 4.84 Å². The van der Waals surface area contributed by atoms with E-state index in [9.17, 15) is 0 Å². The fourth-order valence-electron chi connectivity index (χ4n) is 0.956. The van der Waals surface area contributed by atoms with Crippen LogP contribution in [0.25, 0.3) is 0 Å². The largest absolute Gasteiger partial charge is 0.305 e. The summed E-state index contributed by atoms with van der Waals surface area (Å²) in [7, 11) is 1.65. The monoisotopic (exact) mass is 131 g/mol. The van der Waals surface area contributed by atoms with Gasteiger partial charge >= 0.3 is 0 Å². The third kappa shape index (κ3) is 5.80. The van der Waals surface area contributed by atoms with E-state index >= 15 is 0 Å². The normalized spacial score (nSPS) is 14.3. The minimum Gasteiger partial charge on any atom is -0.305 e. The van der Waals surface area contributed by atoms with Gasteiger partial charge in [-0.3, -0.25) is 0 Å². The summed E-state index contributed by atoms with van der Waals surface area (Å²) >= 11 is 0. The Balaban J connectivity index is 3.15. The van der Waals surface area contributed by atoms with Crippen molar-refractivity contribution in [2.75, 3.05) is 7.11 Å². The highest BCUT2D eigenvalue weighted by Gasteiger charge is 2.01. The molecule has 0 aliphatic rings. The van der Waals surface area contributed by atoms with Gasteiger partial charge in [0, 0.05) is 6.04 Å². The van der Waals surface area contributed by atoms with E-state index in [4.69, 9.17) is 4.84 Å². The molecule has 0 aromatic carbocycles. The lowest BCUT2D eigenvalue weighted by Gasteiger charge is -2.13. The SMILES string of the molecule is CONC(C)CC(C)C. The van der Waals surface area contributed by atoms with Gasteiger partial charge < -0.3 is 4.84 Å². The predicted octanol–water partition coefficient (Wildman–Crippen LogP) is 1.57. The molecule has 0 saturated carbocycles. The van der Waals surface area contributed by atoms with Crippen molar-refractivity contribution in [3.05, 3.63) is 0 Å². The van der Waals surface area contributed by atoms with Crippen LogP contribution in [0.15, 0.2) is 0 Å². The van der Waals surface area contributed by atoms with Gasteiger partial charge in [0.05, 0.1) is 7.11 Å². The third-order valence-corrected chi connectivity index (χ3v) is 1.14. The van der Waals surface area contributed by atoms with Gasteiger partial charge in [-0.15, -0.1) is 0 Å². The Bertz CT molecular complexity index is 63.9. The van der Waals surface area contributed by atoms with Crippen molar-refractivity contribution in [2.45, 2.75) is 33.2 Å². The van der Waals surface area contributed by atoms with Crippen LogP contribution in [0.3, 0.4) is 0 Å². The number of rotatable bonds is 4. The van der Waals surface area contributed by atoms with Gasteiger partial charge in [0.2, 0.25) is 0 Å². The Morgan fingerprint density at radius 3 is 2.22 bits per heavy atom. The molecule has 0 aromatic rings. The summed E-state index contributed by atoms with van der Waals surface area (Å²) in [5.74, 6) is 0.739. The Kier molecular flexibility index (Phi) is 4.72. The minimum atomic E-state index is 0.468. The first kappa shape index (κ1) is 8.92. The molecule has 0 amide bonds. The zero-order valence-corrected chi connectivity index (χ0v) is 6.77. The molecule has 1 unspecified atom stereocenters. The van der Waals surface area contributed by atoms with Crippen molar-refractivity contribution in [3.63, 3.8) is 0 Å². The molecule has 0 aliphatic heterocycles. The lowest BCUT2D eigenvalue weighted by Crippen LogP contribution is -2.25. The Labute approximate surface area is 57.5 Å². The van der Waals surface area contributed by atoms with E-state index in [-0.39, 0.29) is 0 Å². The summed E-state index contributed by atoms with van der Waals surface area (Å²) < 4.78 is 0. The van der Waals surface area contributed by atoms with Crippen molar-refractivity contribution in [1.29, 1.82) is 0 Å². The van der Waals surface area contributed by atoms with E-state index in [0.717, 1.165) is 12.3 Å². The van der Waals surface area contributed by atoms with E-state index in [1.165, 1.54) is 0 Å². The number of nitrogens with one attached hydrogen (secondary N) is 1. The number of hydroxylamine groups is 1. The molecule has 0 radical (unpaired) electrons. The molecule has 1 N–H and O–H groups in total. The highest BCUT2D eigenvalue weighted by atomic mass is 16.6. The molecule has 1 atom stereocenters. The zero-order valence-electron chi connectivity index (χ0n) is 6.77. The molecule has 2 nitrogen and oxygen atoms in total. The van der Waals surface area contributed by atoms with E-state index in [0.29, 0.717) is 6.04 Å². The smallest absolute Gasteiger partial charge is 0.0572 e. The van der Waals surface area contributed by atoms with Gasteiger partial charge in [0.15, 0.2) is 0 Å². The molecule has 0 fully saturated rings. The Hall–Kier alpha value is -0.0800. The zero-order chi connectivity index (χ0) is 7.28. The fourth-order valence-corrected chi connectivity index (χ4v) is 0.956. The summed E-state index contributed by atoms with van der Waals surface area (Å²) in [6.45, 7) is 6.52. The van der Waals surface area contributed by atoms with Gasteiger partial charge in [-0.25, -0.2) is 5.48 Å². The lowest BCUT2D eigenvalue weighted by atomic mass is 10.1. The van der Waals surface area contributed by atoms with Crippen LogP contribution >= 0.6 is 0 Å². The maximum Gasteiger partial charge on any atom is 0.0572 e. The summed E-state index contributed by atoms with van der Waals surface area (Å²) in [5, 5.41) is 0. The number of hydrogen-bond donors (Lipinski definition) is 1. The van der Waals surface area contributed by atoms with E-state index in [1.54, 1.807) is 7.11 Å². The molecular formula is C7H17NO. The van der Waals surface area contributed by atoms with Crippen LogP contribution in [-0.4, -0.2) is 13.2 Å². The van der Waals surface area contributed by atoms with Crippen LogP contribution in [0.5, 0.6) is 0 Å². The second kappa shape index (κ2) is 4.77. The summed E-state index contributed by atoms with van der Waals surface area (Å²) in [4.78, 5) is 4.75. The van der Waals surface area contributed by atoms with Gasteiger partial charge in [0.1, 0.15) is 0 Å². The Morgan fingerprint density at radius 2 is 1.89 bits per heavy atom. The van der Waals surface area contributed by atoms with Crippen LogP contribution in [0.1, 0.15) is 27.2 Å². The van der Waals surface area contributed by atoms with Gasteiger partial charge in [-0.1, -0.05) is 13.8 Å². The average Bonchev–Trinajstić information content (AvgIpc) is 1.63. The van der Waals surface area contributed by atoms with Crippen LogP contribution in [0, 0.1) is 5.92 Å². The molecule has 0 rings (SSSR count). The van der Waals surface area contributed by atoms with Crippen molar-refractivity contribution >= 4 is 0 Å². The van der Waals surface area contributed by atoms with Crippen LogP contribution in [-0.2, 0) is 4.84 Å². The molecule has 9 heavy (non-hydrogen) atoms. The molecule has 0 saturated heterocycles. The van der Waals surface area contributed by atoms with E-state index in [2.05, 4.69) is 26.3 Å². The molecule has 0 aromatic heterocycles. The molecule has 0 bridgehead atoms. The van der Waals surface area contributed by atoms with Crippen molar-refractivity contribution in [3.8, 4) is 0 Å². The first-order valence-electron chi connectivity index (χ1n) is 3.45. The van der Waals surface area contributed by atoms with E-state index in [1.807, 2.05) is 0 Å². The summed E-state index contributed by atoms with van der Waals surface area (Å²) in [6, 6.07) is 0.468. The quantitative estimate of drug-likeness (QED) is 0.585. The van der Waals surface area contributed by atoms with Crippen molar-refractivity contribution in [2.24, 2.45) is 5.92 Å². The molecule has 0 spiro atoms. The van der Waals surface area contributed by atoms with Crippen LogP contribution in [0.2, 0.25) is 0 Å². The van der Waals surface area contributed by atoms with Crippen molar-refractivity contribution in [1.82, 2.24) is 5.48 Å². The topological polar surface area (TPSA) is 21.3 Å². The second-order valence-corrected chi connectivity index (χ2v) is 2.85. The second-order valence-electron chi connectivity index (χ2n) is 2.85. The third-order valence-electron chi connectivity index (χ3n) is 1.14. The maximum absolute atomic E-state index is 4.75. The highest BCUT2D eigenvalue weighted by Crippen LogP contribution is 2.02. The lowest BCUT2D eigenvalue weighted by molar-refractivity contribution is 0.0599. The highest BCUT2D eigenvalue weighted by molar-refractivity contribution is 4.56. The minimum absolute atomic E-state index is 0.468. The van der Waals surface area contributed by atoms with Crippen LogP contribution < -0.4 is 5.48 Å². The molecule has 0 aliphatic carbocycles. The van der Waals surface area contributed by atoms with Crippen LogP contribution in [0.4, 0.5) is 0 Å². The first-order chi connectivity index (χ1) is 4.16. The van der Waals surface area contributed by atoms with Gasteiger partial charge in [-0.05, 0) is 19.3 Å². The molecule has 56 valence electrons. The van der Waals surface area contributed by atoms with Gasteiger partial charge in [0.25, 0.3) is 0 Å². The number of hydrogen-bond acceptors (Lipinski definition) is 2. The predicted molar refractivity (Wildman–Crippen MR) is 39.1 cm³/mol. The summed E-state index contributed by atoms with van der Waals surface area (Å²) in [5.41, 5.74) is 2.88.